The molecule has 0 aromatic carbocycles. The lowest BCUT2D eigenvalue weighted by Gasteiger charge is -2.61. The molecule has 0 aromatic rings. The number of ketones is 1. The van der Waals surface area contributed by atoms with Crippen molar-refractivity contribution in [2.75, 3.05) is 6.61 Å². The first kappa shape index (κ1) is 20.5. The van der Waals surface area contributed by atoms with Gasteiger partial charge in [0.25, 0.3) is 0 Å². The number of rotatable bonds is 2. The number of thioether (sulfide) groups is 1. The number of allylic oxidation sites excluding steroid dienone is 6. The zero-order valence-corrected chi connectivity index (χ0v) is 18.6. The van der Waals surface area contributed by atoms with Crippen LogP contribution < -0.4 is 0 Å². The molecule has 3 fully saturated rings. The molecule has 162 valence electrons. The van der Waals surface area contributed by atoms with Crippen molar-refractivity contribution in [1.29, 1.82) is 0 Å². The number of cyclic esters (lactones) is 1. The summed E-state index contributed by atoms with van der Waals surface area (Å²) in [5.74, 6) is -0.481. The van der Waals surface area contributed by atoms with Gasteiger partial charge >= 0.3 is 5.97 Å². The number of halogens is 1. The Morgan fingerprint density at radius 2 is 2.00 bits per heavy atom. The van der Waals surface area contributed by atoms with Crippen LogP contribution in [0.4, 0.5) is 4.39 Å². The third-order valence-corrected chi connectivity index (χ3v) is 10.4. The van der Waals surface area contributed by atoms with Crippen molar-refractivity contribution >= 4 is 23.5 Å². The van der Waals surface area contributed by atoms with E-state index >= 15 is 4.39 Å². The summed E-state index contributed by atoms with van der Waals surface area (Å²) in [4.78, 5) is 25.2. The lowest BCUT2D eigenvalue weighted by Crippen LogP contribution is -2.66. The smallest absolute Gasteiger partial charge is 0.319 e. The Balaban J connectivity index is 1.52. The number of esters is 1. The van der Waals surface area contributed by atoms with Crippen LogP contribution in [0.25, 0.3) is 0 Å². The van der Waals surface area contributed by atoms with Crippen LogP contribution in [0.1, 0.15) is 52.9 Å². The Kier molecular flexibility index (Phi) is 4.48. The molecule has 0 bridgehead atoms. The second-order valence-electron chi connectivity index (χ2n) is 10.1. The summed E-state index contributed by atoms with van der Waals surface area (Å²) in [7, 11) is 0. The van der Waals surface area contributed by atoms with Crippen LogP contribution in [-0.4, -0.2) is 40.5 Å². The highest BCUT2D eigenvalue weighted by Crippen LogP contribution is 2.70. The first-order valence-electron chi connectivity index (χ1n) is 11.0. The van der Waals surface area contributed by atoms with Gasteiger partial charge < -0.3 is 9.84 Å². The maximum absolute atomic E-state index is 17.0. The average molecular weight is 433 g/mol. The van der Waals surface area contributed by atoms with Crippen LogP contribution in [0, 0.1) is 22.7 Å². The van der Waals surface area contributed by atoms with Crippen molar-refractivity contribution in [2.24, 2.45) is 22.7 Å². The van der Waals surface area contributed by atoms with E-state index in [4.69, 9.17) is 4.74 Å². The predicted octanol–water partition coefficient (Wildman–Crippen LogP) is 4.29. The molecule has 0 aromatic heterocycles. The van der Waals surface area contributed by atoms with Gasteiger partial charge in [0, 0.05) is 23.2 Å². The fourth-order valence-electron chi connectivity index (χ4n) is 7.07. The van der Waals surface area contributed by atoms with Crippen molar-refractivity contribution in [3.05, 3.63) is 34.3 Å². The molecule has 30 heavy (non-hydrogen) atoms. The number of ether oxygens (including phenoxy) is 1. The largest absolute Gasteiger partial charge is 0.465 e. The van der Waals surface area contributed by atoms with Gasteiger partial charge in [-0.1, -0.05) is 24.1 Å². The number of carbonyl (C=O) groups excluding carboxylic acids is 2. The van der Waals surface area contributed by atoms with Crippen molar-refractivity contribution in [1.82, 2.24) is 0 Å². The maximum Gasteiger partial charge on any atom is 0.319 e. The molecule has 7 atom stereocenters. The molecule has 1 heterocycles. The standard InChI is InChI=1S/C24H29FO4S/c1-13-10-17-16-5-4-14-11-15(26)6-8-23(14,3)24(16,25)19(27)12-22(17,2)20(13)30-18-7-9-29-21(18)28/h6,8,11,16-19,27H,4-5,7,9-10,12H2,1-3H3/t16-,17-,18?,19-,22-,23-,24-/m0/s1. The summed E-state index contributed by atoms with van der Waals surface area (Å²) in [6.45, 7) is 6.54. The van der Waals surface area contributed by atoms with Crippen molar-refractivity contribution in [2.45, 2.75) is 69.9 Å². The lowest BCUT2D eigenvalue weighted by molar-refractivity contribution is -0.184. The molecule has 2 saturated carbocycles. The average Bonchev–Trinajstić information content (AvgIpc) is 3.19. The van der Waals surface area contributed by atoms with E-state index in [0.29, 0.717) is 32.3 Å². The fraction of sp³-hybridized carbons (Fsp3) is 0.667. The molecular formula is C24H29FO4S. The molecule has 5 aliphatic rings. The topological polar surface area (TPSA) is 63.6 Å². The highest BCUT2D eigenvalue weighted by Gasteiger charge is 2.69. The molecule has 0 amide bonds. The van der Waals surface area contributed by atoms with Gasteiger partial charge in [0.1, 0.15) is 5.25 Å². The lowest BCUT2D eigenvalue weighted by atomic mass is 9.46. The number of hydrogen-bond acceptors (Lipinski definition) is 5. The third-order valence-electron chi connectivity index (χ3n) is 8.61. The Morgan fingerprint density at radius 1 is 1.23 bits per heavy atom. The van der Waals surface area contributed by atoms with E-state index in [2.05, 4.69) is 13.8 Å². The van der Waals surface area contributed by atoms with Gasteiger partial charge in [-0.05, 0) is 62.5 Å². The maximum atomic E-state index is 17.0. The predicted molar refractivity (Wildman–Crippen MR) is 113 cm³/mol. The molecule has 0 spiro atoms. The van der Waals surface area contributed by atoms with E-state index in [9.17, 15) is 14.7 Å². The fourth-order valence-corrected chi connectivity index (χ4v) is 8.52. The number of aliphatic hydroxyl groups is 1. The normalized spacial score (nSPS) is 47.6. The number of alkyl halides is 1. The number of aliphatic hydroxyl groups excluding tert-OH is 1. The molecule has 1 unspecified atom stereocenters. The Labute approximate surface area is 181 Å². The molecule has 0 radical (unpaired) electrons. The summed E-state index contributed by atoms with van der Waals surface area (Å²) >= 11 is 1.58. The summed E-state index contributed by atoms with van der Waals surface area (Å²) in [6, 6.07) is 0. The van der Waals surface area contributed by atoms with Crippen LogP contribution in [-0.2, 0) is 14.3 Å². The molecule has 4 nitrogen and oxygen atoms in total. The van der Waals surface area contributed by atoms with E-state index in [0.717, 1.165) is 16.9 Å². The van der Waals surface area contributed by atoms with Gasteiger partial charge in [-0.3, -0.25) is 9.59 Å². The number of fused-ring (bicyclic) bond motifs is 5. The number of hydrogen-bond donors (Lipinski definition) is 1. The van der Waals surface area contributed by atoms with Crippen molar-refractivity contribution in [3.63, 3.8) is 0 Å². The minimum Gasteiger partial charge on any atom is -0.465 e. The SMILES string of the molecule is CC1=C(SC2CCOC2=O)[C@@]2(C)C[C@H](O)[C@@]3(F)[C@@H](CCC4=CC(=O)C=C[C@@]43C)[C@@H]2C1. The van der Waals surface area contributed by atoms with Crippen LogP contribution in [0.15, 0.2) is 34.3 Å². The molecule has 4 aliphatic carbocycles. The Morgan fingerprint density at radius 3 is 2.70 bits per heavy atom. The summed E-state index contributed by atoms with van der Waals surface area (Å²) < 4.78 is 22.2. The van der Waals surface area contributed by atoms with Gasteiger partial charge in [-0.2, -0.15) is 0 Å². The molecule has 6 heteroatoms. The zero-order valence-electron chi connectivity index (χ0n) is 17.7. The highest BCUT2D eigenvalue weighted by molar-refractivity contribution is 8.04. The van der Waals surface area contributed by atoms with Crippen LogP contribution in [0.2, 0.25) is 0 Å². The van der Waals surface area contributed by atoms with Gasteiger partial charge in [0.05, 0.1) is 12.7 Å². The first-order valence-corrected chi connectivity index (χ1v) is 11.8. The first-order chi connectivity index (χ1) is 14.1. The minimum absolute atomic E-state index is 0.0789. The van der Waals surface area contributed by atoms with Crippen molar-refractivity contribution < 1.29 is 23.8 Å². The Bertz CT molecular complexity index is 922. The molecule has 1 saturated heterocycles. The summed E-state index contributed by atoms with van der Waals surface area (Å²) in [5.41, 5.74) is -1.08. The second kappa shape index (κ2) is 6.55. The van der Waals surface area contributed by atoms with Gasteiger partial charge in [-0.15, -0.1) is 11.8 Å². The van der Waals surface area contributed by atoms with E-state index < -0.39 is 17.2 Å². The van der Waals surface area contributed by atoms with Crippen molar-refractivity contribution in [3.8, 4) is 0 Å². The molecule has 1 aliphatic heterocycles. The summed E-state index contributed by atoms with van der Waals surface area (Å²) in [5, 5.41) is 11.1. The van der Waals surface area contributed by atoms with Gasteiger partial charge in [-0.25, -0.2) is 4.39 Å². The monoisotopic (exact) mass is 432 g/mol. The van der Waals surface area contributed by atoms with E-state index in [1.165, 1.54) is 11.6 Å². The molecule has 1 N–H and O–H groups in total. The zero-order chi connectivity index (χ0) is 21.5. The van der Waals surface area contributed by atoms with Gasteiger partial charge in [0.2, 0.25) is 0 Å². The second-order valence-corrected chi connectivity index (χ2v) is 11.4. The van der Waals surface area contributed by atoms with E-state index in [1.807, 2.05) is 6.92 Å². The minimum atomic E-state index is -1.80. The van der Waals surface area contributed by atoms with Crippen LogP contribution in [0.5, 0.6) is 0 Å². The van der Waals surface area contributed by atoms with E-state index in [-0.39, 0.29) is 34.3 Å². The van der Waals surface area contributed by atoms with E-state index in [1.54, 1.807) is 23.9 Å². The van der Waals surface area contributed by atoms with Gasteiger partial charge in [0.15, 0.2) is 11.5 Å². The molecule has 5 rings (SSSR count). The third kappa shape index (κ3) is 2.49. The van der Waals surface area contributed by atoms with Crippen LogP contribution in [0.3, 0.4) is 0 Å². The highest BCUT2D eigenvalue weighted by atomic mass is 32.2. The summed E-state index contributed by atoms with van der Waals surface area (Å²) in [6.07, 6.45) is 6.73. The quantitative estimate of drug-likeness (QED) is 0.660. The van der Waals surface area contributed by atoms with Crippen LogP contribution >= 0.6 is 11.8 Å². The number of carbonyl (C=O) groups is 2. The Hall–Kier alpha value is -1.40. The molecular weight excluding hydrogens is 403 g/mol.